The minimum atomic E-state index is -0.416. The number of carbonyl (C=O) groups is 4. The molecule has 8 nitrogen and oxygen atoms in total. The normalized spacial score (nSPS) is 20.2. The molecule has 4 amide bonds. The Balaban J connectivity index is 1.14. The van der Waals surface area contributed by atoms with Gasteiger partial charge >= 0.3 is 0 Å². The van der Waals surface area contributed by atoms with Gasteiger partial charge in [-0.25, -0.2) is 0 Å². The van der Waals surface area contributed by atoms with Crippen LogP contribution in [0, 0.1) is 0 Å². The van der Waals surface area contributed by atoms with Gasteiger partial charge < -0.3 is 9.47 Å². The van der Waals surface area contributed by atoms with E-state index in [1.54, 1.807) is 0 Å². The second kappa shape index (κ2) is 9.64. The summed E-state index contributed by atoms with van der Waals surface area (Å²) in [6.45, 7) is 1.07. The lowest BCUT2D eigenvalue weighted by atomic mass is 9.98. The van der Waals surface area contributed by atoms with Crippen molar-refractivity contribution in [3.8, 4) is 11.5 Å². The SMILES string of the molecule is O=C1CC(c2ccc(OCCCCOc3ccc(C4CC(=O)NC4=O)cc3)cc2)C(=O)N1. The fraction of sp³-hybridized carbons (Fsp3) is 0.333. The Labute approximate surface area is 185 Å². The van der Waals surface area contributed by atoms with Crippen molar-refractivity contribution in [3.63, 3.8) is 0 Å². The van der Waals surface area contributed by atoms with E-state index in [4.69, 9.17) is 9.47 Å². The van der Waals surface area contributed by atoms with Crippen molar-refractivity contribution in [1.82, 2.24) is 10.6 Å². The molecule has 2 N–H and O–H groups in total. The molecule has 0 bridgehead atoms. The largest absolute Gasteiger partial charge is 0.494 e. The molecule has 0 saturated carbocycles. The molecule has 2 unspecified atom stereocenters. The maximum atomic E-state index is 11.7. The quantitative estimate of drug-likeness (QED) is 0.461. The zero-order chi connectivity index (χ0) is 22.5. The molecule has 0 aromatic heterocycles. The molecule has 2 aromatic rings. The number of ether oxygens (including phenoxy) is 2. The Morgan fingerprint density at radius 2 is 1.00 bits per heavy atom. The smallest absolute Gasteiger partial charge is 0.234 e. The molecule has 0 radical (unpaired) electrons. The van der Waals surface area contributed by atoms with Crippen LogP contribution in [0.1, 0.15) is 48.6 Å². The van der Waals surface area contributed by atoms with E-state index in [1.165, 1.54) is 0 Å². The molecular weight excluding hydrogens is 412 g/mol. The van der Waals surface area contributed by atoms with Crippen LogP contribution in [0.15, 0.2) is 48.5 Å². The average Bonchev–Trinajstić information content (AvgIpc) is 3.31. The number of hydrogen-bond donors (Lipinski definition) is 2. The first kappa shape index (κ1) is 21.5. The molecule has 0 aliphatic carbocycles. The van der Waals surface area contributed by atoms with Gasteiger partial charge in [-0.15, -0.1) is 0 Å². The van der Waals surface area contributed by atoms with Gasteiger partial charge in [-0.3, -0.25) is 29.8 Å². The van der Waals surface area contributed by atoms with E-state index < -0.39 is 11.8 Å². The number of hydrogen-bond acceptors (Lipinski definition) is 6. The summed E-state index contributed by atoms with van der Waals surface area (Å²) < 4.78 is 11.5. The van der Waals surface area contributed by atoms with Gasteiger partial charge in [-0.2, -0.15) is 0 Å². The lowest BCUT2D eigenvalue weighted by Gasteiger charge is -2.11. The van der Waals surface area contributed by atoms with Crippen LogP contribution in [0.4, 0.5) is 0 Å². The number of imide groups is 2. The topological polar surface area (TPSA) is 111 Å². The highest BCUT2D eigenvalue weighted by molar-refractivity contribution is 6.06. The first-order valence-electron chi connectivity index (χ1n) is 10.6. The van der Waals surface area contributed by atoms with E-state index in [2.05, 4.69) is 10.6 Å². The predicted molar refractivity (Wildman–Crippen MR) is 114 cm³/mol. The van der Waals surface area contributed by atoms with Gasteiger partial charge in [0.15, 0.2) is 0 Å². The van der Waals surface area contributed by atoms with Crippen LogP contribution >= 0.6 is 0 Å². The Hall–Kier alpha value is -3.68. The van der Waals surface area contributed by atoms with Gasteiger partial charge in [0.1, 0.15) is 11.5 Å². The van der Waals surface area contributed by atoms with Crippen LogP contribution in [0.2, 0.25) is 0 Å². The van der Waals surface area contributed by atoms with E-state index in [1.807, 2.05) is 48.5 Å². The summed E-state index contributed by atoms with van der Waals surface area (Å²) in [4.78, 5) is 46.1. The Kier molecular flexibility index (Phi) is 6.49. The maximum absolute atomic E-state index is 11.7. The van der Waals surface area contributed by atoms with Crippen molar-refractivity contribution in [2.24, 2.45) is 0 Å². The molecule has 2 aliphatic heterocycles. The fourth-order valence-electron chi connectivity index (χ4n) is 3.82. The van der Waals surface area contributed by atoms with E-state index in [9.17, 15) is 19.2 Å². The molecular formula is C24H24N2O6. The first-order chi connectivity index (χ1) is 15.5. The highest BCUT2D eigenvalue weighted by atomic mass is 16.5. The minimum Gasteiger partial charge on any atom is -0.494 e. The molecule has 2 aromatic carbocycles. The Morgan fingerprint density at radius 3 is 1.31 bits per heavy atom. The molecule has 2 aliphatic rings. The number of nitrogens with one attached hydrogen (secondary N) is 2. The second-order valence-corrected chi connectivity index (χ2v) is 7.88. The van der Waals surface area contributed by atoms with Crippen LogP contribution in [0.5, 0.6) is 11.5 Å². The van der Waals surface area contributed by atoms with E-state index in [-0.39, 0.29) is 36.5 Å². The van der Waals surface area contributed by atoms with Crippen molar-refractivity contribution in [2.45, 2.75) is 37.5 Å². The summed E-state index contributed by atoms with van der Waals surface area (Å²) >= 11 is 0. The van der Waals surface area contributed by atoms with Crippen LogP contribution in [-0.4, -0.2) is 36.8 Å². The summed E-state index contributed by atoms with van der Waals surface area (Å²) in [5.74, 6) is -0.391. The maximum Gasteiger partial charge on any atom is 0.234 e. The number of amides is 4. The lowest BCUT2D eigenvalue weighted by molar-refractivity contribution is -0.126. The molecule has 2 fully saturated rings. The van der Waals surface area contributed by atoms with Gasteiger partial charge in [0.2, 0.25) is 23.6 Å². The van der Waals surface area contributed by atoms with Crippen LogP contribution in [0.25, 0.3) is 0 Å². The Morgan fingerprint density at radius 1 is 0.625 bits per heavy atom. The predicted octanol–water partition coefficient (Wildman–Crippen LogP) is 2.18. The van der Waals surface area contributed by atoms with E-state index in [0.29, 0.717) is 24.7 Å². The molecule has 0 spiro atoms. The molecule has 8 heteroatoms. The first-order valence-corrected chi connectivity index (χ1v) is 10.6. The number of carbonyl (C=O) groups excluding carboxylic acids is 4. The second-order valence-electron chi connectivity index (χ2n) is 7.88. The van der Waals surface area contributed by atoms with Crippen LogP contribution in [-0.2, 0) is 19.2 Å². The van der Waals surface area contributed by atoms with E-state index >= 15 is 0 Å². The molecule has 2 saturated heterocycles. The average molecular weight is 436 g/mol. The van der Waals surface area contributed by atoms with Gasteiger partial charge in [-0.1, -0.05) is 24.3 Å². The third kappa shape index (κ3) is 5.14. The summed E-state index contributed by atoms with van der Waals surface area (Å²) in [5.41, 5.74) is 1.61. The Bertz CT molecular complexity index is 932. The van der Waals surface area contributed by atoms with Crippen molar-refractivity contribution in [1.29, 1.82) is 0 Å². The number of unbranched alkanes of at least 4 members (excludes halogenated alkanes) is 1. The van der Waals surface area contributed by atoms with Gasteiger partial charge in [0.25, 0.3) is 0 Å². The summed E-state index contributed by atoms with van der Waals surface area (Å²) in [6.07, 6.45) is 2.00. The van der Waals surface area contributed by atoms with Gasteiger partial charge in [-0.05, 0) is 48.2 Å². The number of benzene rings is 2. The van der Waals surface area contributed by atoms with Crippen molar-refractivity contribution in [2.75, 3.05) is 13.2 Å². The zero-order valence-electron chi connectivity index (χ0n) is 17.5. The zero-order valence-corrected chi connectivity index (χ0v) is 17.5. The van der Waals surface area contributed by atoms with Crippen LogP contribution < -0.4 is 20.1 Å². The highest BCUT2D eigenvalue weighted by Crippen LogP contribution is 2.27. The molecule has 166 valence electrons. The molecule has 2 heterocycles. The summed E-state index contributed by atoms with van der Waals surface area (Å²) in [6, 6.07) is 14.5. The summed E-state index contributed by atoms with van der Waals surface area (Å²) in [7, 11) is 0. The van der Waals surface area contributed by atoms with Gasteiger partial charge in [0.05, 0.1) is 25.0 Å². The van der Waals surface area contributed by atoms with Crippen LogP contribution in [0.3, 0.4) is 0 Å². The molecule has 4 rings (SSSR count). The molecule has 32 heavy (non-hydrogen) atoms. The molecule has 2 atom stereocenters. The van der Waals surface area contributed by atoms with Crippen molar-refractivity contribution < 1.29 is 28.7 Å². The number of rotatable bonds is 9. The lowest BCUT2D eigenvalue weighted by Crippen LogP contribution is -2.21. The monoisotopic (exact) mass is 436 g/mol. The van der Waals surface area contributed by atoms with Crippen molar-refractivity contribution >= 4 is 23.6 Å². The van der Waals surface area contributed by atoms with Gasteiger partial charge in [0, 0.05) is 12.8 Å². The van der Waals surface area contributed by atoms with E-state index in [0.717, 1.165) is 24.0 Å². The summed E-state index contributed by atoms with van der Waals surface area (Å²) in [5, 5.41) is 4.63. The third-order valence-corrected chi connectivity index (χ3v) is 5.58. The third-order valence-electron chi connectivity index (χ3n) is 5.58. The standard InChI is InChI=1S/C24H24N2O6/c27-21-13-19(23(29)25-21)15-3-7-17(8-4-15)31-11-1-2-12-32-18-9-5-16(6-10-18)20-14-22(28)26-24(20)30/h3-10,19-20H,1-2,11-14H2,(H,25,27,29)(H,26,28,30). The minimum absolute atomic E-state index is 0.192. The highest BCUT2D eigenvalue weighted by Gasteiger charge is 2.32. The van der Waals surface area contributed by atoms with Crippen molar-refractivity contribution in [3.05, 3.63) is 59.7 Å². The fourth-order valence-corrected chi connectivity index (χ4v) is 3.82.